The van der Waals surface area contributed by atoms with Crippen molar-refractivity contribution in [2.45, 2.75) is 6.54 Å². The van der Waals surface area contributed by atoms with E-state index in [-0.39, 0.29) is 25.2 Å². The van der Waals surface area contributed by atoms with Crippen LogP contribution in [0.1, 0.15) is 5.76 Å². The van der Waals surface area contributed by atoms with Crippen molar-refractivity contribution in [2.24, 2.45) is 9.36 Å². The van der Waals surface area contributed by atoms with Crippen molar-refractivity contribution in [2.75, 3.05) is 18.4 Å². The molecule has 0 aromatic carbocycles. The van der Waals surface area contributed by atoms with E-state index in [2.05, 4.69) is 35.7 Å². The van der Waals surface area contributed by atoms with Crippen LogP contribution in [0.15, 0.2) is 43.0 Å². The van der Waals surface area contributed by atoms with Gasteiger partial charge in [0, 0.05) is 6.54 Å². The Hall–Kier alpha value is -2.22. The second-order valence-electron chi connectivity index (χ2n) is 4.15. The number of aliphatic imine (C=N–C) groups is 1. The molecule has 24 heavy (non-hydrogen) atoms. The SMILES string of the molecule is N.O=S(=O)=NCCNc1cnn(C(=NCc2cc(Br)co2)NO)c1. The van der Waals surface area contributed by atoms with Crippen molar-refractivity contribution < 1.29 is 18.0 Å². The van der Waals surface area contributed by atoms with Crippen molar-refractivity contribution in [1.82, 2.24) is 21.4 Å². The molecular formula is C11H16BrN7O4S. The molecule has 2 aromatic rings. The first kappa shape index (κ1) is 19.8. The van der Waals surface area contributed by atoms with E-state index in [1.165, 1.54) is 17.1 Å². The fourth-order valence-electron chi connectivity index (χ4n) is 1.60. The minimum atomic E-state index is -2.41. The van der Waals surface area contributed by atoms with Crippen LogP contribution in [0.2, 0.25) is 0 Å². The third-order valence-electron chi connectivity index (χ3n) is 2.54. The molecule has 2 heterocycles. The van der Waals surface area contributed by atoms with Crippen LogP contribution in [0.5, 0.6) is 0 Å². The lowest BCUT2D eigenvalue weighted by molar-refractivity contribution is 0.228. The molecule has 0 atom stereocenters. The number of nitrogens with one attached hydrogen (secondary N) is 2. The van der Waals surface area contributed by atoms with E-state index >= 15 is 0 Å². The average molecular weight is 422 g/mol. The van der Waals surface area contributed by atoms with Crippen LogP contribution in [0.4, 0.5) is 5.69 Å². The summed E-state index contributed by atoms with van der Waals surface area (Å²) in [5.74, 6) is 0.721. The fourth-order valence-corrected chi connectivity index (χ4v) is 2.19. The van der Waals surface area contributed by atoms with Gasteiger partial charge >= 0.3 is 10.5 Å². The number of rotatable bonds is 6. The summed E-state index contributed by atoms with van der Waals surface area (Å²) >= 11 is 3.26. The molecular weight excluding hydrogens is 406 g/mol. The van der Waals surface area contributed by atoms with Gasteiger partial charge in [0.1, 0.15) is 18.6 Å². The largest absolute Gasteiger partial charge is 0.466 e. The van der Waals surface area contributed by atoms with E-state index in [9.17, 15) is 8.42 Å². The molecule has 11 nitrogen and oxygen atoms in total. The zero-order valence-electron chi connectivity index (χ0n) is 12.4. The summed E-state index contributed by atoms with van der Waals surface area (Å²) in [6.07, 6.45) is 4.62. The van der Waals surface area contributed by atoms with E-state index in [0.29, 0.717) is 18.0 Å². The van der Waals surface area contributed by atoms with Gasteiger partial charge in [-0.05, 0) is 22.0 Å². The maximum Gasteiger partial charge on any atom is 0.311 e. The Morgan fingerprint density at radius 1 is 1.50 bits per heavy atom. The van der Waals surface area contributed by atoms with Gasteiger partial charge in [0.2, 0.25) is 5.96 Å². The summed E-state index contributed by atoms with van der Waals surface area (Å²) in [7, 11) is -2.41. The van der Waals surface area contributed by atoms with E-state index in [1.807, 2.05) is 5.48 Å². The smallest absolute Gasteiger partial charge is 0.311 e. The predicted octanol–water partition coefficient (Wildman–Crippen LogP) is 1.26. The Labute approximate surface area is 147 Å². The van der Waals surface area contributed by atoms with Crippen molar-refractivity contribution in [3.8, 4) is 0 Å². The number of anilines is 1. The average Bonchev–Trinajstić information content (AvgIpc) is 3.14. The number of furan rings is 1. The van der Waals surface area contributed by atoms with Crippen molar-refractivity contribution >= 4 is 38.1 Å². The van der Waals surface area contributed by atoms with Crippen LogP contribution in [0.3, 0.4) is 0 Å². The highest BCUT2D eigenvalue weighted by atomic mass is 79.9. The summed E-state index contributed by atoms with van der Waals surface area (Å²) in [4.78, 5) is 4.14. The lowest BCUT2D eigenvalue weighted by atomic mass is 10.4. The van der Waals surface area contributed by atoms with Gasteiger partial charge in [0.15, 0.2) is 0 Å². The molecule has 132 valence electrons. The maximum absolute atomic E-state index is 10.3. The number of hydrogen-bond donors (Lipinski definition) is 4. The van der Waals surface area contributed by atoms with Crippen molar-refractivity contribution in [3.63, 3.8) is 0 Å². The second-order valence-corrected chi connectivity index (χ2v) is 5.76. The van der Waals surface area contributed by atoms with Crippen LogP contribution >= 0.6 is 15.9 Å². The Morgan fingerprint density at radius 2 is 2.29 bits per heavy atom. The highest BCUT2D eigenvalue weighted by molar-refractivity contribution is 9.10. The van der Waals surface area contributed by atoms with Crippen molar-refractivity contribution in [1.29, 1.82) is 0 Å². The van der Waals surface area contributed by atoms with Gasteiger partial charge in [-0.3, -0.25) is 5.21 Å². The Bertz CT molecular complexity index is 806. The standard InChI is InChI=1S/C11H13BrN6O4S.H3N/c12-8-3-10(22-7-8)5-14-11(17-19)18-6-9(4-15-18)13-1-2-16-23(20)21;/h3-4,6-7,13,19H,1-2,5H2,(H,14,17);1H3. The van der Waals surface area contributed by atoms with Gasteiger partial charge in [-0.15, -0.1) is 0 Å². The molecule has 2 rings (SSSR count). The summed E-state index contributed by atoms with van der Waals surface area (Å²) < 4.78 is 31.2. The minimum absolute atomic E-state index is 0. The first-order valence-electron chi connectivity index (χ1n) is 6.31. The lowest BCUT2D eigenvalue weighted by Crippen LogP contribution is -2.28. The molecule has 0 saturated carbocycles. The van der Waals surface area contributed by atoms with Gasteiger partial charge in [0.05, 0.1) is 29.1 Å². The van der Waals surface area contributed by atoms with Crippen LogP contribution in [0.25, 0.3) is 0 Å². The fraction of sp³-hybridized carbons (Fsp3) is 0.273. The van der Waals surface area contributed by atoms with E-state index in [0.717, 1.165) is 4.47 Å². The topological polar surface area (TPSA) is 169 Å². The van der Waals surface area contributed by atoms with Crippen molar-refractivity contribution in [3.05, 3.63) is 35.0 Å². The quantitative estimate of drug-likeness (QED) is 0.233. The van der Waals surface area contributed by atoms with Crippen LogP contribution in [0, 0.1) is 0 Å². The second kappa shape index (κ2) is 9.82. The maximum atomic E-state index is 10.3. The normalized spacial score (nSPS) is 10.8. The van der Waals surface area contributed by atoms with Gasteiger partial charge in [0.25, 0.3) is 0 Å². The zero-order valence-corrected chi connectivity index (χ0v) is 14.8. The van der Waals surface area contributed by atoms with Gasteiger partial charge in [-0.25, -0.2) is 15.2 Å². The molecule has 13 heteroatoms. The third-order valence-corrected chi connectivity index (χ3v) is 3.35. The van der Waals surface area contributed by atoms with Gasteiger partial charge < -0.3 is 15.9 Å². The zero-order chi connectivity index (χ0) is 16.7. The van der Waals surface area contributed by atoms with Gasteiger partial charge in [-0.1, -0.05) is 0 Å². The molecule has 0 aliphatic carbocycles. The van der Waals surface area contributed by atoms with Crippen LogP contribution < -0.4 is 16.9 Å². The summed E-state index contributed by atoms with van der Waals surface area (Å²) in [5.41, 5.74) is 2.59. The molecule has 2 aromatic heterocycles. The number of nitrogens with zero attached hydrogens (tertiary/aromatic N) is 4. The van der Waals surface area contributed by atoms with Crippen LogP contribution in [-0.4, -0.2) is 42.5 Å². The molecule has 0 saturated heterocycles. The number of hydroxylamine groups is 1. The highest BCUT2D eigenvalue weighted by Gasteiger charge is 2.05. The van der Waals surface area contributed by atoms with Crippen LogP contribution in [-0.2, 0) is 17.0 Å². The monoisotopic (exact) mass is 421 g/mol. The number of halogens is 1. The molecule has 0 aliphatic rings. The van der Waals surface area contributed by atoms with E-state index < -0.39 is 10.5 Å². The molecule has 0 fully saturated rings. The minimum Gasteiger partial charge on any atom is -0.466 e. The first-order chi connectivity index (χ1) is 11.1. The summed E-state index contributed by atoms with van der Waals surface area (Å²) in [6, 6.07) is 1.76. The molecule has 0 amide bonds. The van der Waals surface area contributed by atoms with E-state index in [4.69, 9.17) is 9.62 Å². The molecule has 0 unspecified atom stereocenters. The molecule has 0 radical (unpaired) electrons. The molecule has 0 bridgehead atoms. The Morgan fingerprint density at radius 3 is 2.92 bits per heavy atom. The molecule has 0 aliphatic heterocycles. The first-order valence-corrected chi connectivity index (χ1v) is 8.14. The van der Waals surface area contributed by atoms with E-state index in [1.54, 1.807) is 12.3 Å². The predicted molar refractivity (Wildman–Crippen MR) is 89.8 cm³/mol. The Kier molecular flexibility index (Phi) is 8.11. The lowest BCUT2D eigenvalue weighted by Gasteiger charge is -2.03. The third kappa shape index (κ3) is 6.11. The van der Waals surface area contributed by atoms with Gasteiger partial charge in [-0.2, -0.15) is 17.9 Å². The summed E-state index contributed by atoms with van der Waals surface area (Å²) in [5, 5.41) is 16.1. The molecule has 0 spiro atoms. The molecule has 6 N–H and O–H groups in total. The number of hydrogen-bond acceptors (Lipinski definition) is 9. The Balaban J connectivity index is 0.00000288. The number of aromatic nitrogens is 2. The summed E-state index contributed by atoms with van der Waals surface area (Å²) in [6.45, 7) is 0.665. The highest BCUT2D eigenvalue weighted by Crippen LogP contribution is 2.14.